The zero-order valence-corrected chi connectivity index (χ0v) is 16.5. The molecule has 150 valence electrons. The maximum Gasteiger partial charge on any atom is 0.249 e. The van der Waals surface area contributed by atoms with Crippen molar-refractivity contribution in [3.63, 3.8) is 0 Å². The largest absolute Gasteiger partial charge is 0.439 e. The van der Waals surface area contributed by atoms with Gasteiger partial charge in [-0.2, -0.15) is 0 Å². The number of nitrogens with one attached hydrogen (secondary N) is 1. The van der Waals surface area contributed by atoms with Crippen LogP contribution in [0.1, 0.15) is 11.6 Å². The van der Waals surface area contributed by atoms with Gasteiger partial charge in [0.15, 0.2) is 0 Å². The van der Waals surface area contributed by atoms with Gasteiger partial charge in [-0.15, -0.1) is 5.10 Å². The summed E-state index contributed by atoms with van der Waals surface area (Å²) in [6.45, 7) is 0. The number of rotatable bonds is 7. The van der Waals surface area contributed by atoms with E-state index < -0.39 is 6.04 Å². The van der Waals surface area contributed by atoms with E-state index >= 15 is 0 Å². The summed E-state index contributed by atoms with van der Waals surface area (Å²) in [4.78, 5) is 17.2. The molecule has 1 N–H and O–H groups in total. The third kappa shape index (κ3) is 4.98. The first-order valence-electron chi connectivity index (χ1n) is 9.14. The molecule has 9 heteroatoms. The number of aromatic nitrogens is 5. The molecule has 1 unspecified atom stereocenters. The molecule has 0 spiro atoms. The highest BCUT2D eigenvalue weighted by Crippen LogP contribution is 2.23. The van der Waals surface area contributed by atoms with Crippen molar-refractivity contribution in [2.75, 3.05) is 5.32 Å². The highest BCUT2D eigenvalue weighted by Gasteiger charge is 2.22. The number of amides is 1. The van der Waals surface area contributed by atoms with Crippen LogP contribution >= 0.6 is 11.6 Å². The predicted octanol–water partition coefficient (Wildman–Crippen LogP) is 3.94. The summed E-state index contributed by atoms with van der Waals surface area (Å²) in [5.74, 6) is 0.765. The highest BCUT2D eigenvalue weighted by molar-refractivity contribution is 6.30. The number of carbonyl (C=O) groups is 1. The van der Waals surface area contributed by atoms with Crippen LogP contribution in [-0.2, 0) is 11.2 Å². The number of carbonyl (C=O) groups excluding carboxylic acids is 1. The fourth-order valence-electron chi connectivity index (χ4n) is 2.82. The highest BCUT2D eigenvalue weighted by atomic mass is 35.5. The summed E-state index contributed by atoms with van der Waals surface area (Å²) in [7, 11) is 0. The van der Waals surface area contributed by atoms with Crippen LogP contribution in [0.4, 0.5) is 5.69 Å². The van der Waals surface area contributed by atoms with Crippen LogP contribution in [0.15, 0.2) is 79.3 Å². The number of halogens is 1. The lowest BCUT2D eigenvalue weighted by atomic mass is 10.1. The number of hydrogen-bond donors (Lipinski definition) is 1. The van der Waals surface area contributed by atoms with Crippen LogP contribution in [0.3, 0.4) is 0 Å². The first-order chi connectivity index (χ1) is 14.7. The third-order valence-electron chi connectivity index (χ3n) is 4.30. The van der Waals surface area contributed by atoms with Crippen LogP contribution in [-0.4, -0.2) is 31.1 Å². The Kier molecular flexibility index (Phi) is 5.95. The summed E-state index contributed by atoms with van der Waals surface area (Å²) < 4.78 is 7.10. The smallest absolute Gasteiger partial charge is 0.249 e. The molecule has 0 fully saturated rings. The Bertz CT molecular complexity index is 1090. The van der Waals surface area contributed by atoms with Crippen molar-refractivity contribution >= 4 is 23.2 Å². The van der Waals surface area contributed by atoms with Gasteiger partial charge in [-0.05, 0) is 46.3 Å². The topological polar surface area (TPSA) is 94.8 Å². The Morgan fingerprint density at radius 1 is 1.07 bits per heavy atom. The van der Waals surface area contributed by atoms with Crippen LogP contribution in [0.2, 0.25) is 5.02 Å². The summed E-state index contributed by atoms with van der Waals surface area (Å²) in [5.41, 5.74) is 1.53. The number of hydrogen-bond acceptors (Lipinski definition) is 6. The van der Waals surface area contributed by atoms with Crippen molar-refractivity contribution in [1.29, 1.82) is 0 Å². The molecule has 0 aliphatic carbocycles. The van der Waals surface area contributed by atoms with E-state index in [1.54, 1.807) is 36.4 Å². The second kappa shape index (κ2) is 9.15. The molecule has 0 saturated carbocycles. The summed E-state index contributed by atoms with van der Waals surface area (Å²) in [5, 5.41) is 14.7. The van der Waals surface area contributed by atoms with Crippen molar-refractivity contribution < 1.29 is 9.53 Å². The van der Waals surface area contributed by atoms with Crippen molar-refractivity contribution in [2.45, 2.75) is 12.5 Å². The fourth-order valence-corrected chi connectivity index (χ4v) is 2.94. The lowest BCUT2D eigenvalue weighted by molar-refractivity contribution is -0.119. The molecule has 2 aromatic carbocycles. The van der Waals surface area contributed by atoms with Gasteiger partial charge in [0.05, 0.1) is 11.9 Å². The number of nitrogens with zero attached hydrogens (tertiary/aromatic N) is 5. The van der Waals surface area contributed by atoms with Gasteiger partial charge in [0.25, 0.3) is 0 Å². The van der Waals surface area contributed by atoms with E-state index in [1.165, 1.54) is 17.2 Å². The minimum atomic E-state index is -0.604. The van der Waals surface area contributed by atoms with Crippen LogP contribution in [0, 0.1) is 0 Å². The second-order valence-corrected chi connectivity index (χ2v) is 6.86. The molecule has 8 nitrogen and oxygen atoms in total. The van der Waals surface area contributed by atoms with Gasteiger partial charge in [0.2, 0.25) is 11.8 Å². The molecule has 0 saturated heterocycles. The van der Waals surface area contributed by atoms with Crippen molar-refractivity contribution in [1.82, 2.24) is 25.2 Å². The molecule has 0 radical (unpaired) electrons. The average Bonchev–Trinajstić information content (AvgIpc) is 3.30. The van der Waals surface area contributed by atoms with E-state index in [0.29, 0.717) is 28.8 Å². The minimum absolute atomic E-state index is 0.251. The Labute approximate surface area is 177 Å². The van der Waals surface area contributed by atoms with Crippen molar-refractivity contribution in [2.24, 2.45) is 0 Å². The van der Waals surface area contributed by atoms with E-state index in [4.69, 9.17) is 16.3 Å². The van der Waals surface area contributed by atoms with E-state index in [-0.39, 0.29) is 5.91 Å². The third-order valence-corrected chi connectivity index (χ3v) is 4.55. The molecule has 4 aromatic rings. The molecule has 1 atom stereocenters. The summed E-state index contributed by atoms with van der Waals surface area (Å²) >= 11 is 5.87. The zero-order valence-electron chi connectivity index (χ0n) is 15.7. The minimum Gasteiger partial charge on any atom is -0.439 e. The Hall–Kier alpha value is -3.78. The first-order valence-corrected chi connectivity index (χ1v) is 9.52. The molecular weight excluding hydrogens is 404 g/mol. The van der Waals surface area contributed by atoms with E-state index in [1.807, 2.05) is 30.3 Å². The summed E-state index contributed by atoms with van der Waals surface area (Å²) in [6, 6.07) is 19.4. The average molecular weight is 421 g/mol. The van der Waals surface area contributed by atoms with Gasteiger partial charge in [0, 0.05) is 17.5 Å². The maximum atomic E-state index is 12.9. The monoisotopic (exact) mass is 420 g/mol. The molecule has 2 aromatic heterocycles. The SMILES string of the molecule is O=C(Nc1ccc(Oc2ccc(Cl)cc2)nc1)C(Cc1ccccc1)n1cnnn1. The molecule has 2 heterocycles. The molecule has 1 amide bonds. The molecule has 30 heavy (non-hydrogen) atoms. The molecular formula is C21H17ClN6O2. The number of tetrazole rings is 1. The van der Waals surface area contributed by atoms with E-state index in [2.05, 4.69) is 25.8 Å². The zero-order chi connectivity index (χ0) is 20.8. The van der Waals surface area contributed by atoms with Crippen LogP contribution in [0.25, 0.3) is 0 Å². The molecule has 0 bridgehead atoms. The number of ether oxygens (including phenoxy) is 1. The Balaban J connectivity index is 1.45. The number of anilines is 1. The van der Waals surface area contributed by atoms with Gasteiger partial charge in [0.1, 0.15) is 18.1 Å². The van der Waals surface area contributed by atoms with Gasteiger partial charge in [-0.3, -0.25) is 4.79 Å². The summed E-state index contributed by atoms with van der Waals surface area (Å²) in [6.07, 6.45) is 3.40. The maximum absolute atomic E-state index is 12.9. The normalized spacial score (nSPS) is 11.6. The van der Waals surface area contributed by atoms with Gasteiger partial charge < -0.3 is 10.1 Å². The molecule has 4 rings (SSSR count). The van der Waals surface area contributed by atoms with Gasteiger partial charge in [-0.1, -0.05) is 41.9 Å². The standard InChI is InChI=1S/C21H17ClN6O2/c22-16-6-9-18(10-7-16)30-20-11-8-17(13-23-20)25-21(29)19(28-14-24-26-27-28)12-15-4-2-1-3-5-15/h1-11,13-14,19H,12H2,(H,25,29). The van der Waals surface area contributed by atoms with Gasteiger partial charge in [-0.25, -0.2) is 9.67 Å². The van der Waals surface area contributed by atoms with Crippen LogP contribution < -0.4 is 10.1 Å². The Morgan fingerprint density at radius 2 is 1.87 bits per heavy atom. The molecule has 0 aliphatic rings. The molecule has 0 aliphatic heterocycles. The first kappa shape index (κ1) is 19.5. The second-order valence-electron chi connectivity index (χ2n) is 6.43. The van der Waals surface area contributed by atoms with Crippen molar-refractivity contribution in [3.8, 4) is 11.6 Å². The quantitative estimate of drug-likeness (QED) is 0.486. The van der Waals surface area contributed by atoms with Crippen molar-refractivity contribution in [3.05, 3.63) is 89.8 Å². The van der Waals surface area contributed by atoms with E-state index in [9.17, 15) is 4.79 Å². The fraction of sp³-hybridized carbons (Fsp3) is 0.0952. The number of benzene rings is 2. The lowest BCUT2D eigenvalue weighted by Crippen LogP contribution is -2.28. The predicted molar refractivity (Wildman–Crippen MR) is 111 cm³/mol. The number of pyridine rings is 1. The lowest BCUT2D eigenvalue weighted by Gasteiger charge is -2.16. The Morgan fingerprint density at radius 3 is 2.53 bits per heavy atom. The van der Waals surface area contributed by atoms with Gasteiger partial charge >= 0.3 is 0 Å². The van der Waals surface area contributed by atoms with E-state index in [0.717, 1.165) is 5.56 Å². The van der Waals surface area contributed by atoms with Crippen LogP contribution in [0.5, 0.6) is 11.6 Å².